The van der Waals surface area contributed by atoms with E-state index in [0.29, 0.717) is 11.8 Å². The molecule has 3 nitrogen and oxygen atoms in total. The number of hydrogen-bond donors (Lipinski definition) is 0. The first-order valence-electron chi connectivity index (χ1n) is 6.95. The average molecular weight is 261 g/mol. The third-order valence-corrected chi connectivity index (χ3v) is 4.42. The molecule has 0 aliphatic heterocycles. The van der Waals surface area contributed by atoms with Crippen LogP contribution in [0.25, 0.3) is 0 Å². The number of ketones is 1. The third-order valence-electron chi connectivity index (χ3n) is 4.42. The monoisotopic (exact) mass is 261 g/mol. The summed E-state index contributed by atoms with van der Waals surface area (Å²) in [6, 6.07) is 3.79. The molecule has 0 amide bonds. The number of hydrogen-bond acceptors (Lipinski definition) is 3. The summed E-state index contributed by atoms with van der Waals surface area (Å²) in [5.74, 6) is 0.205. The molecular formula is C16H23NO2. The number of aromatic nitrogens is 1. The standard InChI is InChI=1S/C16H23NO2/c1-15(2)6-8-16(19-3,9-7-15)14(18)12-13-4-10-17-11-5-13/h4-5,10-11H,6-9,12H2,1-3H3. The van der Waals surface area contributed by atoms with Crippen LogP contribution in [0.4, 0.5) is 0 Å². The molecule has 104 valence electrons. The summed E-state index contributed by atoms with van der Waals surface area (Å²) in [4.78, 5) is 16.6. The van der Waals surface area contributed by atoms with Crippen molar-refractivity contribution in [3.05, 3.63) is 30.1 Å². The minimum absolute atomic E-state index is 0.205. The van der Waals surface area contributed by atoms with Gasteiger partial charge >= 0.3 is 0 Å². The molecule has 1 fully saturated rings. The molecule has 1 aliphatic carbocycles. The van der Waals surface area contributed by atoms with Crippen LogP contribution in [0.3, 0.4) is 0 Å². The largest absolute Gasteiger partial charge is 0.370 e. The Labute approximate surface area is 115 Å². The molecule has 1 heterocycles. The number of rotatable bonds is 4. The zero-order valence-electron chi connectivity index (χ0n) is 12.1. The van der Waals surface area contributed by atoms with E-state index in [9.17, 15) is 4.79 Å². The second-order valence-corrected chi connectivity index (χ2v) is 6.32. The maximum atomic E-state index is 12.6. The van der Waals surface area contributed by atoms with Gasteiger partial charge in [0.05, 0.1) is 0 Å². The van der Waals surface area contributed by atoms with Crippen LogP contribution >= 0.6 is 0 Å². The van der Waals surface area contributed by atoms with Crippen LogP contribution in [0.15, 0.2) is 24.5 Å². The Hall–Kier alpha value is -1.22. The van der Waals surface area contributed by atoms with E-state index < -0.39 is 5.60 Å². The van der Waals surface area contributed by atoms with E-state index in [0.717, 1.165) is 31.2 Å². The number of nitrogens with zero attached hydrogens (tertiary/aromatic N) is 1. The van der Waals surface area contributed by atoms with Gasteiger partial charge in [-0.05, 0) is 48.8 Å². The zero-order chi connectivity index (χ0) is 13.9. The molecule has 1 aliphatic rings. The zero-order valence-corrected chi connectivity index (χ0v) is 12.1. The molecule has 1 aromatic rings. The fourth-order valence-electron chi connectivity index (χ4n) is 2.77. The highest BCUT2D eigenvalue weighted by Gasteiger charge is 2.43. The van der Waals surface area contributed by atoms with Gasteiger partial charge in [0.1, 0.15) is 5.60 Å². The molecule has 1 aromatic heterocycles. The van der Waals surface area contributed by atoms with Gasteiger partial charge in [0.25, 0.3) is 0 Å². The van der Waals surface area contributed by atoms with E-state index >= 15 is 0 Å². The average Bonchev–Trinajstić information content (AvgIpc) is 2.40. The van der Waals surface area contributed by atoms with Crippen LogP contribution in [0, 0.1) is 5.41 Å². The Balaban J connectivity index is 2.08. The lowest BCUT2D eigenvalue weighted by molar-refractivity contribution is -0.147. The number of carbonyl (C=O) groups excluding carboxylic acids is 1. The molecule has 0 radical (unpaired) electrons. The number of Topliss-reactive ketones (excluding diaryl/α,β-unsaturated/α-hetero) is 1. The van der Waals surface area contributed by atoms with Crippen LogP contribution in [0.1, 0.15) is 45.1 Å². The highest BCUT2D eigenvalue weighted by molar-refractivity contribution is 5.89. The lowest BCUT2D eigenvalue weighted by atomic mass is 9.69. The van der Waals surface area contributed by atoms with Gasteiger partial charge < -0.3 is 4.74 Å². The lowest BCUT2D eigenvalue weighted by Crippen LogP contribution is -2.46. The smallest absolute Gasteiger partial charge is 0.168 e. The summed E-state index contributed by atoms with van der Waals surface area (Å²) in [5.41, 5.74) is 0.777. The van der Waals surface area contributed by atoms with Gasteiger partial charge in [-0.3, -0.25) is 9.78 Å². The van der Waals surface area contributed by atoms with Gasteiger partial charge in [-0.1, -0.05) is 13.8 Å². The van der Waals surface area contributed by atoms with Gasteiger partial charge in [0.2, 0.25) is 0 Å². The molecule has 0 atom stereocenters. The van der Waals surface area contributed by atoms with Crippen molar-refractivity contribution in [2.24, 2.45) is 5.41 Å². The summed E-state index contributed by atoms with van der Waals surface area (Å²) in [6.45, 7) is 4.53. The second kappa shape index (κ2) is 5.41. The van der Waals surface area contributed by atoms with Crippen LogP contribution in [0.2, 0.25) is 0 Å². The number of methoxy groups -OCH3 is 1. The topological polar surface area (TPSA) is 39.2 Å². The van der Waals surface area contributed by atoms with Gasteiger partial charge in [-0.15, -0.1) is 0 Å². The SMILES string of the molecule is COC1(C(=O)Cc2ccncc2)CCC(C)(C)CC1. The molecule has 0 bridgehead atoms. The molecule has 3 heteroatoms. The molecule has 0 unspecified atom stereocenters. The fraction of sp³-hybridized carbons (Fsp3) is 0.625. The third kappa shape index (κ3) is 3.21. The first-order chi connectivity index (χ1) is 8.97. The normalized spacial score (nSPS) is 21.0. The molecular weight excluding hydrogens is 238 g/mol. The predicted octanol–water partition coefficient (Wildman–Crippen LogP) is 3.18. The van der Waals surface area contributed by atoms with Crippen molar-refractivity contribution in [3.8, 4) is 0 Å². The Morgan fingerprint density at radius 2 is 1.79 bits per heavy atom. The maximum absolute atomic E-state index is 12.6. The van der Waals surface area contributed by atoms with E-state index in [1.807, 2.05) is 12.1 Å². The fourth-order valence-corrected chi connectivity index (χ4v) is 2.77. The summed E-state index contributed by atoms with van der Waals surface area (Å²) >= 11 is 0. The van der Waals surface area contributed by atoms with Gasteiger partial charge in [0, 0.05) is 25.9 Å². The summed E-state index contributed by atoms with van der Waals surface area (Å²) in [6.07, 6.45) is 7.65. The van der Waals surface area contributed by atoms with Gasteiger partial charge in [-0.2, -0.15) is 0 Å². The van der Waals surface area contributed by atoms with Crippen LogP contribution < -0.4 is 0 Å². The van der Waals surface area contributed by atoms with Crippen molar-refractivity contribution < 1.29 is 9.53 Å². The summed E-state index contributed by atoms with van der Waals surface area (Å²) in [5, 5.41) is 0. The first-order valence-corrected chi connectivity index (χ1v) is 6.95. The van der Waals surface area contributed by atoms with E-state index in [2.05, 4.69) is 18.8 Å². The summed E-state index contributed by atoms with van der Waals surface area (Å²) in [7, 11) is 1.67. The number of carbonyl (C=O) groups is 1. The highest BCUT2D eigenvalue weighted by Crippen LogP contribution is 2.42. The Morgan fingerprint density at radius 3 is 2.32 bits per heavy atom. The van der Waals surface area contributed by atoms with E-state index in [-0.39, 0.29) is 5.78 Å². The number of pyridine rings is 1. The van der Waals surface area contributed by atoms with E-state index in [1.165, 1.54) is 0 Å². The van der Waals surface area contributed by atoms with Crippen LogP contribution in [-0.2, 0) is 16.0 Å². The van der Waals surface area contributed by atoms with E-state index in [1.54, 1.807) is 19.5 Å². The van der Waals surface area contributed by atoms with Crippen molar-refractivity contribution in [2.75, 3.05) is 7.11 Å². The number of ether oxygens (including phenoxy) is 1. The van der Waals surface area contributed by atoms with Crippen molar-refractivity contribution in [1.82, 2.24) is 4.98 Å². The Bertz CT molecular complexity index is 429. The van der Waals surface area contributed by atoms with Crippen molar-refractivity contribution in [2.45, 2.75) is 51.6 Å². The van der Waals surface area contributed by atoms with Gasteiger partial charge in [-0.25, -0.2) is 0 Å². The Morgan fingerprint density at radius 1 is 1.21 bits per heavy atom. The van der Waals surface area contributed by atoms with Crippen molar-refractivity contribution in [3.63, 3.8) is 0 Å². The predicted molar refractivity (Wildman–Crippen MR) is 74.9 cm³/mol. The van der Waals surface area contributed by atoms with Crippen LogP contribution in [-0.4, -0.2) is 23.5 Å². The van der Waals surface area contributed by atoms with Gasteiger partial charge in [0.15, 0.2) is 5.78 Å². The van der Waals surface area contributed by atoms with Crippen molar-refractivity contribution in [1.29, 1.82) is 0 Å². The van der Waals surface area contributed by atoms with Crippen LogP contribution in [0.5, 0.6) is 0 Å². The molecule has 0 aromatic carbocycles. The first kappa shape index (κ1) is 14.2. The molecule has 0 N–H and O–H groups in total. The maximum Gasteiger partial charge on any atom is 0.168 e. The summed E-state index contributed by atoms with van der Waals surface area (Å²) < 4.78 is 5.64. The highest BCUT2D eigenvalue weighted by atomic mass is 16.5. The molecule has 0 saturated heterocycles. The van der Waals surface area contributed by atoms with Crippen molar-refractivity contribution >= 4 is 5.78 Å². The molecule has 19 heavy (non-hydrogen) atoms. The molecule has 2 rings (SSSR count). The quantitative estimate of drug-likeness (QED) is 0.835. The second-order valence-electron chi connectivity index (χ2n) is 6.32. The minimum atomic E-state index is -0.571. The molecule has 1 saturated carbocycles. The Kier molecular flexibility index (Phi) is 4.04. The minimum Gasteiger partial charge on any atom is -0.370 e. The lowest BCUT2D eigenvalue weighted by Gasteiger charge is -2.41. The van der Waals surface area contributed by atoms with E-state index in [4.69, 9.17) is 4.74 Å². The molecule has 0 spiro atoms.